The Morgan fingerprint density at radius 1 is 0.568 bits per heavy atom. The van der Waals surface area contributed by atoms with Crippen LogP contribution in [-0.4, -0.2) is 9.97 Å². The zero-order valence-electron chi connectivity index (χ0n) is 19.6. The van der Waals surface area contributed by atoms with Gasteiger partial charge in [-0.25, -0.2) is 0 Å². The number of hydrogen-bond donors (Lipinski definition) is 0. The summed E-state index contributed by atoms with van der Waals surface area (Å²) in [6.07, 6.45) is 3.66. The summed E-state index contributed by atoms with van der Waals surface area (Å²) < 4.78 is 12.0. The van der Waals surface area contributed by atoms with E-state index in [2.05, 4.69) is 28.2 Å². The summed E-state index contributed by atoms with van der Waals surface area (Å²) in [5.41, 5.74) is 3.62. The molecule has 0 aliphatic carbocycles. The van der Waals surface area contributed by atoms with Crippen molar-refractivity contribution in [1.82, 2.24) is 9.97 Å². The Kier molecular flexibility index (Phi) is 7.36. The van der Waals surface area contributed by atoms with E-state index >= 15 is 0 Å². The number of pyridine rings is 2. The quantitative estimate of drug-likeness (QED) is 0.176. The Morgan fingerprint density at radius 3 is 2.11 bits per heavy atom. The number of aromatic nitrogens is 2. The van der Waals surface area contributed by atoms with E-state index in [1.165, 1.54) is 0 Å². The maximum atomic E-state index is 6.08. The predicted molar refractivity (Wildman–Crippen MR) is 141 cm³/mol. The van der Waals surface area contributed by atoms with Gasteiger partial charge in [0.25, 0.3) is 0 Å². The molecule has 0 amide bonds. The zero-order valence-corrected chi connectivity index (χ0v) is 22.0. The fraction of sp³-hybridized carbons (Fsp3) is 0. The molecule has 0 N–H and O–H groups in total. The van der Waals surface area contributed by atoms with Crippen LogP contribution in [0.15, 0.2) is 122 Å². The topological polar surface area (TPSA) is 44.2 Å². The largest absolute Gasteiger partial charge is 0.494 e. The van der Waals surface area contributed by atoms with E-state index in [1.54, 1.807) is 6.20 Å². The van der Waals surface area contributed by atoms with Gasteiger partial charge in [0.15, 0.2) is 11.5 Å². The minimum atomic E-state index is 0. The van der Waals surface area contributed by atoms with Crippen LogP contribution in [0.5, 0.6) is 23.0 Å². The number of ether oxygens (including phenoxy) is 2. The summed E-state index contributed by atoms with van der Waals surface area (Å²) in [4.78, 5) is 8.79. The Balaban J connectivity index is 0.000000183. The monoisotopic (exact) mass is 657 g/mol. The minimum absolute atomic E-state index is 0. The number of rotatable bonds is 2. The molecule has 0 unspecified atom stereocenters. The second kappa shape index (κ2) is 11.2. The molecule has 1 aliphatic rings. The summed E-state index contributed by atoms with van der Waals surface area (Å²) in [5.74, 6) is 2.75. The van der Waals surface area contributed by atoms with Crippen LogP contribution in [0.2, 0.25) is 0 Å². The first-order valence-electron chi connectivity index (χ1n) is 11.6. The standard InChI is InChI=1S/C21H12NO2.C11H8N.Ir/c1-2-7-15-13-22-17(12-14(15)6-1)16-8-5-11-20-21(16)24-19-10-4-3-9-18(19)23-20;1-2-6-10(7-3-1)11-8-4-5-9-12-11;/h1-7,9-13H;1-6,8-9H;/q2*-1;. The van der Waals surface area contributed by atoms with Crippen LogP contribution >= 0.6 is 0 Å². The zero-order chi connectivity index (χ0) is 24.2. The molecule has 37 heavy (non-hydrogen) atoms. The minimum Gasteiger partial charge on any atom is -0.494 e. The van der Waals surface area contributed by atoms with Crippen LogP contribution < -0.4 is 9.47 Å². The van der Waals surface area contributed by atoms with Gasteiger partial charge >= 0.3 is 0 Å². The van der Waals surface area contributed by atoms with Crippen molar-refractivity contribution in [3.8, 4) is 45.5 Å². The molecular weight excluding hydrogens is 637 g/mol. The van der Waals surface area contributed by atoms with Gasteiger partial charge in [0.05, 0.1) is 11.5 Å². The third kappa shape index (κ3) is 5.29. The van der Waals surface area contributed by atoms with Crippen molar-refractivity contribution in [3.63, 3.8) is 0 Å². The van der Waals surface area contributed by atoms with E-state index in [9.17, 15) is 0 Å². The maximum Gasteiger partial charge on any atom is 0.166 e. The van der Waals surface area contributed by atoms with E-state index < -0.39 is 0 Å². The molecule has 4 nitrogen and oxygen atoms in total. The van der Waals surface area contributed by atoms with Crippen LogP contribution in [0.4, 0.5) is 0 Å². The number of para-hydroxylation sites is 2. The first-order valence-corrected chi connectivity index (χ1v) is 11.6. The normalized spacial score (nSPS) is 10.9. The molecule has 1 aliphatic heterocycles. The molecule has 0 atom stereocenters. The van der Waals surface area contributed by atoms with Gasteiger partial charge in [-0.2, -0.15) is 0 Å². The summed E-state index contributed by atoms with van der Waals surface area (Å²) in [5, 5.41) is 2.24. The summed E-state index contributed by atoms with van der Waals surface area (Å²) in [6.45, 7) is 0. The Labute approximate surface area is 228 Å². The van der Waals surface area contributed by atoms with Crippen LogP contribution in [-0.2, 0) is 20.1 Å². The van der Waals surface area contributed by atoms with Crippen LogP contribution in [0.25, 0.3) is 33.3 Å². The van der Waals surface area contributed by atoms with Crippen molar-refractivity contribution in [1.29, 1.82) is 0 Å². The van der Waals surface area contributed by atoms with Crippen LogP contribution in [0.1, 0.15) is 0 Å². The van der Waals surface area contributed by atoms with E-state index in [4.69, 9.17) is 9.47 Å². The Hall–Kier alpha value is -4.31. The second-order valence-corrected chi connectivity index (χ2v) is 8.10. The first kappa shape index (κ1) is 24.4. The fourth-order valence-electron chi connectivity index (χ4n) is 3.98. The van der Waals surface area contributed by atoms with Gasteiger partial charge in [-0.1, -0.05) is 66.2 Å². The fourth-order valence-corrected chi connectivity index (χ4v) is 3.98. The van der Waals surface area contributed by atoms with E-state index in [-0.39, 0.29) is 20.1 Å². The molecule has 0 spiro atoms. The molecule has 5 heteroatoms. The van der Waals surface area contributed by atoms with Gasteiger partial charge in [0, 0.05) is 32.5 Å². The van der Waals surface area contributed by atoms with Gasteiger partial charge in [-0.15, -0.1) is 48.0 Å². The number of fused-ring (bicyclic) bond motifs is 3. The predicted octanol–water partition coefficient (Wildman–Crippen LogP) is 8.15. The van der Waals surface area contributed by atoms with Crippen molar-refractivity contribution in [2.45, 2.75) is 0 Å². The van der Waals surface area contributed by atoms with E-state index in [0.29, 0.717) is 23.0 Å². The molecular formula is C32H20IrN2O2-2. The van der Waals surface area contributed by atoms with E-state index in [1.807, 2.05) is 109 Å². The number of hydrogen-bond acceptors (Lipinski definition) is 4. The van der Waals surface area contributed by atoms with Gasteiger partial charge in [0.2, 0.25) is 0 Å². The average molecular weight is 657 g/mol. The van der Waals surface area contributed by atoms with Crippen molar-refractivity contribution in [3.05, 3.63) is 134 Å². The van der Waals surface area contributed by atoms with Crippen molar-refractivity contribution >= 4 is 10.8 Å². The van der Waals surface area contributed by atoms with Gasteiger partial charge in [-0.05, 0) is 40.4 Å². The SMILES string of the molecule is [Ir].[c-]1ccc2c(c1-c1cc3ccccc3cn1)Oc1ccccc1O2.[c-]1ccccc1-c1ccccn1. The molecule has 7 rings (SSSR count). The number of benzene rings is 4. The Morgan fingerprint density at radius 2 is 1.32 bits per heavy atom. The average Bonchev–Trinajstić information content (AvgIpc) is 2.97. The van der Waals surface area contributed by atoms with Gasteiger partial charge < -0.3 is 19.4 Å². The van der Waals surface area contributed by atoms with Crippen molar-refractivity contribution in [2.24, 2.45) is 0 Å². The molecule has 2 aromatic heterocycles. The Bertz CT molecular complexity index is 1600. The summed E-state index contributed by atoms with van der Waals surface area (Å²) in [7, 11) is 0. The summed E-state index contributed by atoms with van der Waals surface area (Å²) >= 11 is 0. The molecule has 0 fully saturated rings. The molecule has 6 aromatic rings. The molecule has 181 valence electrons. The third-order valence-electron chi connectivity index (χ3n) is 5.73. The van der Waals surface area contributed by atoms with Gasteiger partial charge in [0.1, 0.15) is 0 Å². The summed E-state index contributed by atoms with van der Waals surface area (Å²) in [6, 6.07) is 41.6. The molecule has 0 bridgehead atoms. The molecule has 4 aromatic carbocycles. The molecule has 1 radical (unpaired) electrons. The molecule has 3 heterocycles. The smallest absolute Gasteiger partial charge is 0.166 e. The van der Waals surface area contributed by atoms with E-state index in [0.717, 1.165) is 33.3 Å². The molecule has 0 saturated carbocycles. The first-order chi connectivity index (χ1) is 17.8. The van der Waals surface area contributed by atoms with Crippen LogP contribution in [0, 0.1) is 12.1 Å². The maximum absolute atomic E-state index is 6.08. The second-order valence-electron chi connectivity index (χ2n) is 8.10. The number of nitrogens with zero attached hydrogens (tertiary/aromatic N) is 2. The van der Waals surface area contributed by atoms with Crippen molar-refractivity contribution in [2.75, 3.05) is 0 Å². The van der Waals surface area contributed by atoms with Crippen LogP contribution in [0.3, 0.4) is 0 Å². The third-order valence-corrected chi connectivity index (χ3v) is 5.73. The van der Waals surface area contributed by atoms with Gasteiger partial charge in [-0.3, -0.25) is 0 Å². The van der Waals surface area contributed by atoms with Crippen molar-refractivity contribution < 1.29 is 29.6 Å². The molecule has 0 saturated heterocycles.